The van der Waals surface area contributed by atoms with Crippen molar-refractivity contribution in [1.82, 2.24) is 14.9 Å². The zero-order chi connectivity index (χ0) is 23.5. The second-order valence-electron chi connectivity index (χ2n) is 6.67. The Morgan fingerprint density at radius 2 is 1.69 bits per heavy atom. The lowest BCUT2D eigenvalue weighted by molar-refractivity contribution is -0.137. The van der Waals surface area contributed by atoms with E-state index in [4.69, 9.17) is 11.6 Å². The predicted molar refractivity (Wildman–Crippen MR) is 114 cm³/mol. The molecular formula is C21H16BrClF3N3O3. The van der Waals surface area contributed by atoms with Gasteiger partial charge in [0.1, 0.15) is 10.3 Å². The lowest BCUT2D eigenvalue weighted by Crippen LogP contribution is -2.26. The Balaban J connectivity index is 1.74. The molecule has 0 aliphatic rings. The summed E-state index contributed by atoms with van der Waals surface area (Å²) in [4.78, 5) is 28.3. The molecule has 0 saturated carbocycles. The highest BCUT2D eigenvalue weighted by atomic mass is 79.9. The van der Waals surface area contributed by atoms with Crippen molar-refractivity contribution in [2.45, 2.75) is 19.3 Å². The number of hydrogen-bond acceptors (Lipinski definition) is 4. The molecule has 1 N–H and O–H groups in total. The summed E-state index contributed by atoms with van der Waals surface area (Å²) in [5.41, 5.74) is 0.988. The molecule has 1 amide bonds. The molecule has 168 valence electrons. The summed E-state index contributed by atoms with van der Waals surface area (Å²) in [5, 5.41) is 2.74. The number of nitrogens with zero attached hydrogens (tertiary/aromatic N) is 2. The second kappa shape index (κ2) is 9.74. The molecule has 0 unspecified atom stereocenters. The topological polar surface area (TPSA) is 73.2 Å². The van der Waals surface area contributed by atoms with Gasteiger partial charge in [0.2, 0.25) is 5.28 Å². The highest BCUT2D eigenvalue weighted by molar-refractivity contribution is 9.10. The van der Waals surface area contributed by atoms with Crippen LogP contribution in [0.3, 0.4) is 0 Å². The van der Waals surface area contributed by atoms with Crippen LogP contribution in [0.15, 0.2) is 53.1 Å². The van der Waals surface area contributed by atoms with Crippen molar-refractivity contribution in [2.24, 2.45) is 0 Å². The summed E-state index contributed by atoms with van der Waals surface area (Å²) >= 11 is 9.35. The standard InChI is InChI=1S/C21H16BrClF3N3O3/c1-32-19(31)14-6-2-12(3-7-14)10-27-18(30)16-17(22)28-20(23)29(16)11-13-4-8-15(9-5-13)21(24,25)26/h2-9H,10-11H2,1H3,(H,27,30). The highest BCUT2D eigenvalue weighted by Gasteiger charge is 2.30. The molecule has 3 aromatic rings. The first-order valence-electron chi connectivity index (χ1n) is 9.13. The van der Waals surface area contributed by atoms with E-state index >= 15 is 0 Å². The highest BCUT2D eigenvalue weighted by Crippen LogP contribution is 2.30. The van der Waals surface area contributed by atoms with Crippen molar-refractivity contribution in [3.63, 3.8) is 0 Å². The second-order valence-corrected chi connectivity index (χ2v) is 7.76. The third kappa shape index (κ3) is 5.49. The van der Waals surface area contributed by atoms with Gasteiger partial charge in [-0.3, -0.25) is 4.79 Å². The number of benzene rings is 2. The summed E-state index contributed by atoms with van der Waals surface area (Å²) in [6.45, 7) is 0.210. The van der Waals surface area contributed by atoms with Gasteiger partial charge < -0.3 is 14.6 Å². The number of imidazole rings is 1. The summed E-state index contributed by atoms with van der Waals surface area (Å²) in [7, 11) is 1.29. The normalized spacial score (nSPS) is 11.3. The minimum atomic E-state index is -4.44. The van der Waals surface area contributed by atoms with Gasteiger partial charge in [-0.1, -0.05) is 24.3 Å². The summed E-state index contributed by atoms with van der Waals surface area (Å²) in [5.74, 6) is -0.952. The van der Waals surface area contributed by atoms with E-state index in [0.717, 1.165) is 17.7 Å². The smallest absolute Gasteiger partial charge is 0.416 e. The van der Waals surface area contributed by atoms with Gasteiger partial charge in [-0.2, -0.15) is 13.2 Å². The molecular weight excluding hydrogens is 515 g/mol. The van der Waals surface area contributed by atoms with Crippen LogP contribution in [0.1, 0.15) is 37.5 Å². The lowest BCUT2D eigenvalue weighted by atomic mass is 10.1. The lowest BCUT2D eigenvalue weighted by Gasteiger charge is -2.12. The third-order valence-electron chi connectivity index (χ3n) is 4.54. The maximum Gasteiger partial charge on any atom is 0.416 e. The number of rotatable bonds is 6. The van der Waals surface area contributed by atoms with E-state index in [1.54, 1.807) is 24.3 Å². The number of aromatic nitrogens is 2. The predicted octanol–water partition coefficient (Wildman–Crippen LogP) is 5.08. The van der Waals surface area contributed by atoms with Gasteiger partial charge in [-0.25, -0.2) is 9.78 Å². The van der Waals surface area contributed by atoms with Crippen molar-refractivity contribution < 1.29 is 27.5 Å². The Labute approximate surface area is 194 Å². The Kier molecular flexibility index (Phi) is 7.25. The molecule has 3 rings (SSSR count). The Bertz CT molecular complexity index is 1130. The molecule has 0 saturated heterocycles. The average molecular weight is 531 g/mol. The molecule has 2 aromatic carbocycles. The van der Waals surface area contributed by atoms with Crippen molar-refractivity contribution in [3.8, 4) is 0 Å². The van der Waals surface area contributed by atoms with E-state index in [2.05, 4.69) is 31.0 Å². The van der Waals surface area contributed by atoms with Crippen molar-refractivity contribution in [1.29, 1.82) is 0 Å². The number of ether oxygens (including phenoxy) is 1. The van der Waals surface area contributed by atoms with E-state index in [1.165, 1.54) is 23.8 Å². The summed E-state index contributed by atoms with van der Waals surface area (Å²) < 4.78 is 44.5. The SMILES string of the molecule is COC(=O)c1ccc(CNC(=O)c2c(Br)nc(Cl)n2Cc2ccc(C(F)(F)F)cc2)cc1. The van der Waals surface area contributed by atoms with E-state index in [9.17, 15) is 22.8 Å². The van der Waals surface area contributed by atoms with Gasteiger partial charge in [0.25, 0.3) is 5.91 Å². The van der Waals surface area contributed by atoms with Crippen LogP contribution in [0.2, 0.25) is 5.28 Å². The monoisotopic (exact) mass is 529 g/mol. The number of nitrogens with one attached hydrogen (secondary N) is 1. The number of methoxy groups -OCH3 is 1. The number of amides is 1. The van der Waals surface area contributed by atoms with Crippen LogP contribution in [0.4, 0.5) is 13.2 Å². The van der Waals surface area contributed by atoms with Crippen molar-refractivity contribution in [3.05, 3.63) is 86.4 Å². The number of alkyl halides is 3. The van der Waals surface area contributed by atoms with Gasteiger partial charge in [-0.15, -0.1) is 0 Å². The van der Waals surface area contributed by atoms with Crippen LogP contribution in [0.25, 0.3) is 0 Å². The van der Waals surface area contributed by atoms with E-state index < -0.39 is 23.6 Å². The van der Waals surface area contributed by atoms with Gasteiger partial charge in [-0.05, 0) is 62.9 Å². The van der Waals surface area contributed by atoms with Crippen LogP contribution in [-0.2, 0) is 24.0 Å². The molecule has 0 fully saturated rings. The molecule has 1 heterocycles. The first kappa shape index (κ1) is 23.8. The Morgan fingerprint density at radius 1 is 1.09 bits per heavy atom. The summed E-state index contributed by atoms with van der Waals surface area (Å²) in [6, 6.07) is 11.1. The van der Waals surface area contributed by atoms with Gasteiger partial charge in [0, 0.05) is 6.54 Å². The molecule has 0 aliphatic heterocycles. The van der Waals surface area contributed by atoms with Crippen LogP contribution in [-0.4, -0.2) is 28.5 Å². The van der Waals surface area contributed by atoms with Crippen LogP contribution >= 0.6 is 27.5 Å². The largest absolute Gasteiger partial charge is 0.465 e. The number of halogens is 5. The number of carbonyl (C=O) groups is 2. The first-order valence-corrected chi connectivity index (χ1v) is 10.3. The van der Waals surface area contributed by atoms with Crippen LogP contribution < -0.4 is 5.32 Å². The van der Waals surface area contributed by atoms with Gasteiger partial charge in [0.15, 0.2) is 0 Å². The zero-order valence-electron chi connectivity index (χ0n) is 16.5. The Hall–Kier alpha value is -2.85. The minimum Gasteiger partial charge on any atom is -0.465 e. The molecule has 0 radical (unpaired) electrons. The van der Waals surface area contributed by atoms with E-state index in [1.807, 2.05) is 0 Å². The molecule has 0 aliphatic carbocycles. The fourth-order valence-corrected chi connectivity index (χ4v) is 3.78. The maximum absolute atomic E-state index is 12.8. The van der Waals surface area contributed by atoms with E-state index in [0.29, 0.717) is 11.1 Å². The molecule has 1 aromatic heterocycles. The number of carbonyl (C=O) groups excluding carboxylic acids is 2. The Morgan fingerprint density at radius 3 is 2.25 bits per heavy atom. The van der Waals surface area contributed by atoms with Gasteiger partial charge >= 0.3 is 12.1 Å². The van der Waals surface area contributed by atoms with Crippen molar-refractivity contribution >= 4 is 39.4 Å². The molecule has 6 nitrogen and oxygen atoms in total. The quantitative estimate of drug-likeness (QED) is 0.451. The zero-order valence-corrected chi connectivity index (χ0v) is 18.9. The van der Waals surface area contributed by atoms with Crippen LogP contribution in [0, 0.1) is 0 Å². The van der Waals surface area contributed by atoms with Crippen molar-refractivity contribution in [2.75, 3.05) is 7.11 Å². The average Bonchev–Trinajstić information content (AvgIpc) is 3.04. The van der Waals surface area contributed by atoms with Crippen LogP contribution in [0.5, 0.6) is 0 Å². The molecule has 11 heteroatoms. The number of hydrogen-bond donors (Lipinski definition) is 1. The minimum absolute atomic E-state index is 0.00403. The first-order chi connectivity index (χ1) is 15.1. The fourth-order valence-electron chi connectivity index (χ4n) is 2.88. The number of esters is 1. The fraction of sp³-hybridized carbons (Fsp3) is 0.190. The molecule has 0 atom stereocenters. The molecule has 0 spiro atoms. The molecule has 32 heavy (non-hydrogen) atoms. The maximum atomic E-state index is 12.8. The third-order valence-corrected chi connectivity index (χ3v) is 5.39. The molecule has 0 bridgehead atoms. The van der Waals surface area contributed by atoms with Gasteiger partial charge in [0.05, 0.1) is 24.8 Å². The summed E-state index contributed by atoms with van der Waals surface area (Å²) in [6.07, 6.45) is -4.44. The van der Waals surface area contributed by atoms with E-state index in [-0.39, 0.29) is 28.7 Å².